The molecule has 124 valence electrons. The summed E-state index contributed by atoms with van der Waals surface area (Å²) in [6.07, 6.45) is -10.2. The average molecular weight is 403 g/mol. The first-order valence-electron chi connectivity index (χ1n) is 5.72. The highest BCUT2D eigenvalue weighted by Crippen LogP contribution is 2.46. The molecule has 0 saturated carbocycles. The number of rotatable bonds is 2. The first kappa shape index (κ1) is 17.4. The minimum absolute atomic E-state index is 0.425. The predicted molar refractivity (Wildman–Crippen MR) is 68.8 cm³/mol. The van der Waals surface area contributed by atoms with Crippen molar-refractivity contribution in [2.75, 3.05) is 0 Å². The molecule has 2 aromatic rings. The lowest BCUT2D eigenvalue weighted by Gasteiger charge is -2.18. The highest BCUT2D eigenvalue weighted by molar-refractivity contribution is 9.10. The molecule has 0 fully saturated rings. The number of carboxylic acid groups (broad SMARTS) is 1. The van der Waals surface area contributed by atoms with Crippen molar-refractivity contribution in [3.05, 3.63) is 45.6 Å². The Labute approximate surface area is 132 Å². The van der Waals surface area contributed by atoms with Crippen molar-refractivity contribution in [3.63, 3.8) is 0 Å². The van der Waals surface area contributed by atoms with Crippen LogP contribution in [0.4, 0.5) is 26.3 Å². The van der Waals surface area contributed by atoms with Gasteiger partial charge >= 0.3 is 18.3 Å². The van der Waals surface area contributed by atoms with E-state index in [0.717, 1.165) is 12.1 Å². The molecule has 10 heteroatoms. The lowest BCUT2D eigenvalue weighted by Crippen LogP contribution is -2.14. The van der Waals surface area contributed by atoms with Gasteiger partial charge in [0.25, 0.3) is 0 Å². The van der Waals surface area contributed by atoms with Crippen LogP contribution in [-0.2, 0) is 12.4 Å². The molecule has 0 radical (unpaired) electrons. The maximum absolute atomic E-state index is 13.1. The highest BCUT2D eigenvalue weighted by atomic mass is 79.9. The smallest absolute Gasteiger partial charge is 0.417 e. The first-order valence-corrected chi connectivity index (χ1v) is 6.52. The van der Waals surface area contributed by atoms with Gasteiger partial charge in [-0.25, -0.2) is 4.79 Å². The SMILES string of the molecule is O=C(O)c1ccc(-c2c(C(F)(F)F)cc(Br)cc2C(F)(F)F)o1. The Morgan fingerprint density at radius 3 is 1.83 bits per heavy atom. The van der Waals surface area contributed by atoms with Crippen molar-refractivity contribution in [1.29, 1.82) is 0 Å². The minimum atomic E-state index is -5.10. The number of benzene rings is 1. The van der Waals surface area contributed by atoms with Gasteiger partial charge in [0.2, 0.25) is 5.76 Å². The van der Waals surface area contributed by atoms with Crippen LogP contribution in [0.25, 0.3) is 11.3 Å². The normalized spacial score (nSPS) is 12.5. The molecule has 0 aliphatic rings. The molecular formula is C13H5BrF6O3. The second-order valence-electron chi connectivity index (χ2n) is 4.34. The third-order valence-electron chi connectivity index (χ3n) is 2.78. The van der Waals surface area contributed by atoms with E-state index in [1.54, 1.807) is 0 Å². The Balaban J connectivity index is 2.84. The third kappa shape index (κ3) is 3.52. The first-order chi connectivity index (χ1) is 10.4. The van der Waals surface area contributed by atoms with Crippen molar-refractivity contribution < 1.29 is 40.7 Å². The van der Waals surface area contributed by atoms with Crippen molar-refractivity contribution in [2.24, 2.45) is 0 Å². The summed E-state index contributed by atoms with van der Waals surface area (Å²) in [5.74, 6) is -3.23. The summed E-state index contributed by atoms with van der Waals surface area (Å²) < 4.78 is 82.8. The molecule has 1 aromatic carbocycles. The molecule has 1 N–H and O–H groups in total. The van der Waals surface area contributed by atoms with Gasteiger partial charge in [-0.05, 0) is 24.3 Å². The van der Waals surface area contributed by atoms with Crippen molar-refractivity contribution in [1.82, 2.24) is 0 Å². The zero-order valence-electron chi connectivity index (χ0n) is 10.7. The van der Waals surface area contributed by atoms with Gasteiger partial charge in [-0.1, -0.05) is 15.9 Å². The summed E-state index contributed by atoms with van der Waals surface area (Å²) in [4.78, 5) is 10.7. The molecular weight excluding hydrogens is 398 g/mol. The van der Waals surface area contributed by atoms with E-state index in [-0.39, 0.29) is 0 Å². The molecule has 0 unspecified atom stereocenters. The van der Waals surface area contributed by atoms with Gasteiger partial charge in [-0.3, -0.25) is 0 Å². The van der Waals surface area contributed by atoms with Crippen molar-refractivity contribution in [2.45, 2.75) is 12.4 Å². The van der Waals surface area contributed by atoms with Gasteiger partial charge in [0, 0.05) is 10.0 Å². The fourth-order valence-corrected chi connectivity index (χ4v) is 2.36. The van der Waals surface area contributed by atoms with E-state index in [9.17, 15) is 31.1 Å². The molecule has 0 spiro atoms. The van der Waals surface area contributed by atoms with Crippen LogP contribution in [0.2, 0.25) is 0 Å². The summed E-state index contributed by atoms with van der Waals surface area (Å²) in [6.45, 7) is 0. The standard InChI is InChI=1S/C13H5BrF6O3/c14-5-3-6(12(15,16)17)10(7(4-5)13(18,19)20)8-1-2-9(23-8)11(21)22/h1-4H,(H,21,22). The molecule has 2 rings (SSSR count). The molecule has 0 aliphatic carbocycles. The van der Waals surface area contributed by atoms with E-state index in [1.807, 2.05) is 0 Å². The van der Waals surface area contributed by atoms with Crippen LogP contribution in [-0.4, -0.2) is 11.1 Å². The zero-order valence-corrected chi connectivity index (χ0v) is 12.3. The topological polar surface area (TPSA) is 50.4 Å². The molecule has 0 aliphatic heterocycles. The fourth-order valence-electron chi connectivity index (χ4n) is 1.91. The van der Waals surface area contributed by atoms with Crippen molar-refractivity contribution >= 4 is 21.9 Å². The van der Waals surface area contributed by atoms with E-state index < -0.39 is 51.0 Å². The minimum Gasteiger partial charge on any atom is -0.475 e. The predicted octanol–water partition coefficient (Wildman–Crippen LogP) is 5.44. The highest BCUT2D eigenvalue weighted by Gasteiger charge is 2.42. The number of carboxylic acids is 1. The van der Waals surface area contributed by atoms with Crippen LogP contribution in [0.3, 0.4) is 0 Å². The van der Waals surface area contributed by atoms with Gasteiger partial charge in [-0.15, -0.1) is 0 Å². The Morgan fingerprint density at radius 1 is 1.00 bits per heavy atom. The third-order valence-corrected chi connectivity index (χ3v) is 3.23. The number of carbonyl (C=O) groups is 1. The average Bonchev–Trinajstić information content (AvgIpc) is 2.85. The quantitative estimate of drug-likeness (QED) is 0.680. The number of alkyl halides is 6. The lowest BCUT2D eigenvalue weighted by atomic mass is 9.98. The Hall–Kier alpha value is -1.97. The van der Waals surface area contributed by atoms with Gasteiger partial charge in [0.1, 0.15) is 5.76 Å². The van der Waals surface area contributed by atoms with Crippen molar-refractivity contribution in [3.8, 4) is 11.3 Å². The fraction of sp³-hybridized carbons (Fsp3) is 0.154. The van der Waals surface area contributed by atoms with Crippen LogP contribution >= 0.6 is 15.9 Å². The monoisotopic (exact) mass is 402 g/mol. The molecule has 1 heterocycles. The van der Waals surface area contributed by atoms with E-state index in [1.165, 1.54) is 0 Å². The number of halogens is 7. The van der Waals surface area contributed by atoms with Crippen LogP contribution in [0.1, 0.15) is 21.7 Å². The summed E-state index contributed by atoms with van der Waals surface area (Å²) in [5, 5.41) is 8.70. The van der Waals surface area contributed by atoms with E-state index in [4.69, 9.17) is 5.11 Å². The van der Waals surface area contributed by atoms with E-state index in [2.05, 4.69) is 20.3 Å². The van der Waals surface area contributed by atoms with E-state index in [0.29, 0.717) is 12.1 Å². The summed E-state index contributed by atoms with van der Waals surface area (Å²) >= 11 is 2.61. The molecule has 3 nitrogen and oxygen atoms in total. The summed E-state index contributed by atoms with van der Waals surface area (Å²) in [7, 11) is 0. The Morgan fingerprint density at radius 2 is 1.48 bits per heavy atom. The lowest BCUT2D eigenvalue weighted by molar-refractivity contribution is -0.142. The Kier molecular flexibility index (Phi) is 4.22. The number of aromatic carboxylic acids is 1. The molecule has 0 saturated heterocycles. The number of furan rings is 1. The second-order valence-corrected chi connectivity index (χ2v) is 5.26. The molecule has 0 atom stereocenters. The van der Waals surface area contributed by atoms with Gasteiger partial charge in [0.05, 0.1) is 11.1 Å². The largest absolute Gasteiger partial charge is 0.475 e. The van der Waals surface area contributed by atoms with E-state index >= 15 is 0 Å². The van der Waals surface area contributed by atoms with Crippen LogP contribution in [0, 0.1) is 0 Å². The van der Waals surface area contributed by atoms with Gasteiger partial charge in [-0.2, -0.15) is 26.3 Å². The van der Waals surface area contributed by atoms with Gasteiger partial charge < -0.3 is 9.52 Å². The summed E-state index contributed by atoms with van der Waals surface area (Å²) in [5.41, 5.74) is -4.45. The molecule has 1 aromatic heterocycles. The summed E-state index contributed by atoms with van der Waals surface area (Å²) in [6, 6.07) is 2.46. The van der Waals surface area contributed by atoms with Crippen LogP contribution in [0.15, 0.2) is 33.2 Å². The molecule has 0 amide bonds. The van der Waals surface area contributed by atoms with Gasteiger partial charge in [0.15, 0.2) is 0 Å². The van der Waals surface area contributed by atoms with Crippen LogP contribution < -0.4 is 0 Å². The molecule has 23 heavy (non-hydrogen) atoms. The Bertz CT molecular complexity index is 725. The zero-order chi connectivity index (χ0) is 17.6. The number of hydrogen-bond donors (Lipinski definition) is 1. The number of hydrogen-bond acceptors (Lipinski definition) is 2. The maximum atomic E-state index is 13.1. The molecule has 0 bridgehead atoms. The second kappa shape index (κ2) is 5.59. The maximum Gasteiger partial charge on any atom is 0.417 e. The van der Waals surface area contributed by atoms with Crippen LogP contribution in [0.5, 0.6) is 0 Å².